The average Bonchev–Trinajstić information content (AvgIpc) is 2.82. The van der Waals surface area contributed by atoms with Crippen molar-refractivity contribution in [1.82, 2.24) is 0 Å². The summed E-state index contributed by atoms with van der Waals surface area (Å²) in [5.41, 5.74) is 1.30. The molecule has 0 saturated heterocycles. The van der Waals surface area contributed by atoms with Crippen molar-refractivity contribution in [3.05, 3.63) is 93.2 Å². The first kappa shape index (κ1) is 24.5. The fourth-order valence-corrected chi connectivity index (χ4v) is 3.52. The van der Waals surface area contributed by atoms with Gasteiger partial charge in [-0.1, -0.05) is 18.2 Å². The smallest absolute Gasteiger partial charge is 0.335 e. The molecule has 3 rings (SSSR count). The maximum absolute atomic E-state index is 13.1. The van der Waals surface area contributed by atoms with E-state index in [0.29, 0.717) is 21.5 Å². The highest BCUT2D eigenvalue weighted by Crippen LogP contribution is 2.37. The monoisotopic (exact) mass is 524 g/mol. The van der Waals surface area contributed by atoms with Gasteiger partial charge in [-0.05, 0) is 75.6 Å². The molecule has 0 heterocycles. The molecular formula is C25H18BrFN2O5. The number of anilines is 1. The summed E-state index contributed by atoms with van der Waals surface area (Å²) < 4.78 is 24.8. The number of carboxylic acid groups (broad SMARTS) is 1. The lowest BCUT2D eigenvalue weighted by molar-refractivity contribution is -0.112. The van der Waals surface area contributed by atoms with Crippen LogP contribution >= 0.6 is 15.9 Å². The molecule has 1 amide bonds. The number of nitrogens with zero attached hydrogens (tertiary/aromatic N) is 1. The Labute approximate surface area is 203 Å². The van der Waals surface area contributed by atoms with Gasteiger partial charge in [0.2, 0.25) is 0 Å². The topological polar surface area (TPSA) is 109 Å². The summed E-state index contributed by atoms with van der Waals surface area (Å²) in [6.07, 6.45) is 1.37. The number of ether oxygens (including phenoxy) is 2. The van der Waals surface area contributed by atoms with E-state index in [-0.39, 0.29) is 29.2 Å². The summed E-state index contributed by atoms with van der Waals surface area (Å²) >= 11 is 3.41. The number of nitrogens with one attached hydrogen (secondary N) is 1. The third-order valence-corrected chi connectivity index (χ3v) is 5.18. The Balaban J connectivity index is 1.81. The van der Waals surface area contributed by atoms with Gasteiger partial charge >= 0.3 is 5.97 Å². The number of carbonyl (C=O) groups is 2. The van der Waals surface area contributed by atoms with Gasteiger partial charge in [-0.15, -0.1) is 0 Å². The maximum atomic E-state index is 13.1. The van der Waals surface area contributed by atoms with Crippen LogP contribution in [-0.2, 0) is 11.4 Å². The molecule has 2 N–H and O–H groups in total. The van der Waals surface area contributed by atoms with Crippen LogP contribution in [0.15, 0.2) is 70.7 Å². The minimum absolute atomic E-state index is 0.00480. The van der Waals surface area contributed by atoms with Crippen molar-refractivity contribution in [2.45, 2.75) is 6.61 Å². The Morgan fingerprint density at radius 3 is 2.56 bits per heavy atom. The zero-order chi connectivity index (χ0) is 24.7. The predicted octanol–water partition coefficient (Wildman–Crippen LogP) is 5.42. The van der Waals surface area contributed by atoms with E-state index in [0.717, 1.165) is 5.56 Å². The molecule has 172 valence electrons. The Morgan fingerprint density at radius 1 is 1.18 bits per heavy atom. The summed E-state index contributed by atoms with van der Waals surface area (Å²) in [6, 6.07) is 16.7. The standard InChI is InChI=1S/C25H18BrFN2O5/c1-33-22-11-16(10-21(26)23(22)34-14-15-5-7-19(27)8-6-15)9-18(13-28)24(30)29-20-4-2-3-17(12-20)25(31)32/h2-12H,14H2,1H3,(H,29,30)(H,31,32)/b18-9-. The number of hydrogen-bond acceptors (Lipinski definition) is 5. The van der Waals surface area contributed by atoms with E-state index >= 15 is 0 Å². The first-order chi connectivity index (χ1) is 16.3. The quantitative estimate of drug-likeness (QED) is 0.300. The van der Waals surface area contributed by atoms with Gasteiger partial charge in [-0.2, -0.15) is 5.26 Å². The third kappa shape index (κ3) is 6.21. The lowest BCUT2D eigenvalue weighted by atomic mass is 10.1. The third-order valence-electron chi connectivity index (χ3n) is 4.59. The molecule has 0 atom stereocenters. The lowest BCUT2D eigenvalue weighted by Gasteiger charge is -2.14. The first-order valence-electron chi connectivity index (χ1n) is 9.82. The minimum Gasteiger partial charge on any atom is -0.493 e. The first-order valence-corrected chi connectivity index (χ1v) is 10.6. The predicted molar refractivity (Wildman–Crippen MR) is 127 cm³/mol. The molecule has 0 aliphatic carbocycles. The van der Waals surface area contributed by atoms with E-state index in [9.17, 15) is 19.2 Å². The van der Waals surface area contributed by atoms with Gasteiger partial charge in [-0.3, -0.25) is 4.79 Å². The van der Waals surface area contributed by atoms with Crippen LogP contribution in [0.25, 0.3) is 6.08 Å². The number of methoxy groups -OCH3 is 1. The number of carbonyl (C=O) groups excluding carboxylic acids is 1. The number of nitriles is 1. The Hall–Kier alpha value is -4.16. The van der Waals surface area contributed by atoms with Gasteiger partial charge in [0, 0.05) is 5.69 Å². The molecule has 3 aromatic rings. The van der Waals surface area contributed by atoms with E-state index in [2.05, 4.69) is 21.2 Å². The van der Waals surface area contributed by atoms with Gasteiger partial charge in [0.1, 0.15) is 24.1 Å². The number of benzene rings is 3. The van der Waals surface area contributed by atoms with Gasteiger partial charge in [-0.25, -0.2) is 9.18 Å². The average molecular weight is 525 g/mol. The van der Waals surface area contributed by atoms with Crippen molar-refractivity contribution >= 4 is 39.6 Å². The molecule has 0 spiro atoms. The largest absolute Gasteiger partial charge is 0.493 e. The number of halogens is 2. The van der Waals surface area contributed by atoms with Crippen molar-refractivity contribution in [3.8, 4) is 17.6 Å². The van der Waals surface area contributed by atoms with Crippen molar-refractivity contribution in [2.75, 3.05) is 12.4 Å². The fraction of sp³-hybridized carbons (Fsp3) is 0.0800. The van der Waals surface area contributed by atoms with Crippen molar-refractivity contribution in [1.29, 1.82) is 5.26 Å². The summed E-state index contributed by atoms with van der Waals surface area (Å²) in [7, 11) is 1.45. The molecule has 0 saturated carbocycles. The minimum atomic E-state index is -1.13. The van der Waals surface area contributed by atoms with Crippen LogP contribution in [0.1, 0.15) is 21.5 Å². The van der Waals surface area contributed by atoms with Gasteiger partial charge < -0.3 is 19.9 Å². The van der Waals surface area contributed by atoms with Gasteiger partial charge in [0.25, 0.3) is 5.91 Å². The lowest BCUT2D eigenvalue weighted by Crippen LogP contribution is -2.14. The van der Waals surface area contributed by atoms with Gasteiger partial charge in [0.05, 0.1) is 17.1 Å². The highest BCUT2D eigenvalue weighted by Gasteiger charge is 2.15. The van der Waals surface area contributed by atoms with Crippen molar-refractivity contribution in [3.63, 3.8) is 0 Å². The van der Waals surface area contributed by atoms with Gasteiger partial charge in [0.15, 0.2) is 11.5 Å². The van der Waals surface area contributed by atoms with Crippen molar-refractivity contribution in [2.24, 2.45) is 0 Å². The molecule has 0 aliphatic rings. The highest BCUT2D eigenvalue weighted by atomic mass is 79.9. The van der Waals surface area contributed by atoms with Crippen LogP contribution in [0.3, 0.4) is 0 Å². The van der Waals surface area contributed by atoms with E-state index in [4.69, 9.17) is 14.6 Å². The Bertz CT molecular complexity index is 1300. The molecule has 7 nitrogen and oxygen atoms in total. The second kappa shape index (κ2) is 11.1. The molecule has 0 unspecified atom stereocenters. The summed E-state index contributed by atoms with van der Waals surface area (Å²) in [5.74, 6) is -1.42. The number of aromatic carboxylic acids is 1. The second-order valence-electron chi connectivity index (χ2n) is 6.96. The fourth-order valence-electron chi connectivity index (χ4n) is 2.94. The molecular weight excluding hydrogens is 507 g/mol. The van der Waals surface area contributed by atoms with Crippen molar-refractivity contribution < 1.29 is 28.6 Å². The highest BCUT2D eigenvalue weighted by molar-refractivity contribution is 9.10. The molecule has 0 fully saturated rings. The molecule has 3 aromatic carbocycles. The molecule has 0 aliphatic heterocycles. The normalized spacial score (nSPS) is 10.8. The zero-order valence-electron chi connectivity index (χ0n) is 17.8. The van der Waals surface area contributed by atoms with Crippen LogP contribution in [0.2, 0.25) is 0 Å². The van der Waals surface area contributed by atoms with Crippen LogP contribution < -0.4 is 14.8 Å². The van der Waals surface area contributed by atoms with Crippen LogP contribution in [0.5, 0.6) is 11.5 Å². The van der Waals surface area contributed by atoms with E-state index in [1.165, 1.54) is 49.6 Å². The SMILES string of the molecule is COc1cc(/C=C(/C#N)C(=O)Nc2cccc(C(=O)O)c2)cc(Br)c1OCc1ccc(F)cc1. The second-order valence-corrected chi connectivity index (χ2v) is 7.81. The number of rotatable bonds is 8. The van der Waals surface area contributed by atoms with E-state index < -0.39 is 11.9 Å². The summed E-state index contributed by atoms with van der Waals surface area (Å²) in [4.78, 5) is 23.7. The summed E-state index contributed by atoms with van der Waals surface area (Å²) in [6.45, 7) is 0.172. The maximum Gasteiger partial charge on any atom is 0.335 e. The molecule has 34 heavy (non-hydrogen) atoms. The number of carboxylic acids is 1. The van der Waals surface area contributed by atoms with Crippen LogP contribution in [0, 0.1) is 17.1 Å². The number of hydrogen-bond donors (Lipinski definition) is 2. The molecule has 0 aromatic heterocycles. The summed E-state index contributed by atoms with van der Waals surface area (Å²) in [5, 5.41) is 21.1. The number of amides is 1. The molecule has 9 heteroatoms. The van der Waals surface area contributed by atoms with E-state index in [1.807, 2.05) is 6.07 Å². The zero-order valence-corrected chi connectivity index (χ0v) is 19.4. The Morgan fingerprint density at radius 2 is 1.91 bits per heavy atom. The Kier molecular flexibility index (Phi) is 8.01. The van der Waals surface area contributed by atoms with Crippen LogP contribution in [-0.4, -0.2) is 24.1 Å². The molecule has 0 bridgehead atoms. The molecule has 0 radical (unpaired) electrons. The van der Waals surface area contributed by atoms with Crippen LogP contribution in [0.4, 0.5) is 10.1 Å². The van der Waals surface area contributed by atoms with E-state index in [1.54, 1.807) is 24.3 Å².